The molecule has 20 heavy (non-hydrogen) atoms. The van der Waals surface area contributed by atoms with Crippen molar-refractivity contribution >= 4 is 5.91 Å². The number of nitrogens with one attached hydrogen (secondary N) is 1. The molecule has 1 aromatic carbocycles. The van der Waals surface area contributed by atoms with Crippen LogP contribution in [0, 0.1) is 11.7 Å². The van der Waals surface area contributed by atoms with Gasteiger partial charge in [0.25, 0.3) is 0 Å². The molecule has 0 radical (unpaired) electrons. The SMILES string of the molecule is CCCC(N)C(=O)NC(Cc1ccc(F)cc1)C(C)C. The fourth-order valence-electron chi connectivity index (χ4n) is 2.06. The zero-order valence-corrected chi connectivity index (χ0v) is 12.5. The third kappa shape index (κ3) is 5.29. The van der Waals surface area contributed by atoms with Gasteiger partial charge in [-0.05, 0) is 36.5 Å². The number of halogens is 1. The molecule has 1 aromatic rings. The molecule has 3 N–H and O–H groups in total. The summed E-state index contributed by atoms with van der Waals surface area (Å²) in [5.74, 6) is -0.0608. The van der Waals surface area contributed by atoms with Crippen LogP contribution in [0.3, 0.4) is 0 Å². The summed E-state index contributed by atoms with van der Waals surface area (Å²) in [6.45, 7) is 6.12. The summed E-state index contributed by atoms with van der Waals surface area (Å²) in [5.41, 5.74) is 6.84. The molecule has 0 aliphatic carbocycles. The van der Waals surface area contributed by atoms with E-state index in [4.69, 9.17) is 5.73 Å². The molecule has 3 nitrogen and oxygen atoms in total. The van der Waals surface area contributed by atoms with E-state index in [-0.39, 0.29) is 23.7 Å². The lowest BCUT2D eigenvalue weighted by molar-refractivity contribution is -0.123. The molecule has 0 saturated heterocycles. The van der Waals surface area contributed by atoms with Gasteiger partial charge in [-0.2, -0.15) is 0 Å². The van der Waals surface area contributed by atoms with Gasteiger partial charge >= 0.3 is 0 Å². The van der Waals surface area contributed by atoms with E-state index in [9.17, 15) is 9.18 Å². The highest BCUT2D eigenvalue weighted by Gasteiger charge is 2.20. The van der Waals surface area contributed by atoms with E-state index < -0.39 is 6.04 Å². The molecule has 1 rings (SSSR count). The lowest BCUT2D eigenvalue weighted by Crippen LogP contribution is -2.48. The van der Waals surface area contributed by atoms with E-state index >= 15 is 0 Å². The first kappa shape index (κ1) is 16.6. The molecule has 112 valence electrons. The van der Waals surface area contributed by atoms with Crippen molar-refractivity contribution in [3.05, 3.63) is 35.6 Å². The second-order valence-electron chi connectivity index (χ2n) is 5.58. The number of amides is 1. The second kappa shape index (κ2) is 8.00. The van der Waals surface area contributed by atoms with Crippen LogP contribution in [0.5, 0.6) is 0 Å². The fraction of sp³-hybridized carbons (Fsp3) is 0.562. The highest BCUT2D eigenvalue weighted by atomic mass is 19.1. The smallest absolute Gasteiger partial charge is 0.237 e. The average Bonchev–Trinajstić information content (AvgIpc) is 2.40. The van der Waals surface area contributed by atoms with Gasteiger partial charge in [0.1, 0.15) is 5.82 Å². The van der Waals surface area contributed by atoms with Gasteiger partial charge in [0.15, 0.2) is 0 Å². The Kier molecular flexibility index (Phi) is 6.65. The lowest BCUT2D eigenvalue weighted by Gasteiger charge is -2.24. The monoisotopic (exact) mass is 280 g/mol. The maximum Gasteiger partial charge on any atom is 0.237 e. The van der Waals surface area contributed by atoms with E-state index in [2.05, 4.69) is 19.2 Å². The van der Waals surface area contributed by atoms with Crippen molar-refractivity contribution < 1.29 is 9.18 Å². The Bertz CT molecular complexity index is 417. The van der Waals surface area contributed by atoms with Crippen molar-refractivity contribution in [2.45, 2.75) is 52.1 Å². The Hall–Kier alpha value is -1.42. The van der Waals surface area contributed by atoms with Crippen molar-refractivity contribution in [3.63, 3.8) is 0 Å². The van der Waals surface area contributed by atoms with Gasteiger partial charge in [0.05, 0.1) is 6.04 Å². The molecule has 0 fully saturated rings. The minimum Gasteiger partial charge on any atom is -0.351 e. The molecule has 0 aliphatic heterocycles. The van der Waals surface area contributed by atoms with Crippen LogP contribution in [0.4, 0.5) is 4.39 Å². The van der Waals surface area contributed by atoms with Gasteiger partial charge < -0.3 is 11.1 Å². The minimum atomic E-state index is -0.450. The van der Waals surface area contributed by atoms with Crippen LogP contribution in [-0.2, 0) is 11.2 Å². The molecule has 0 spiro atoms. The zero-order chi connectivity index (χ0) is 15.1. The van der Waals surface area contributed by atoms with E-state index in [1.807, 2.05) is 6.92 Å². The van der Waals surface area contributed by atoms with E-state index in [1.165, 1.54) is 12.1 Å². The highest BCUT2D eigenvalue weighted by Crippen LogP contribution is 2.12. The van der Waals surface area contributed by atoms with E-state index in [0.29, 0.717) is 12.8 Å². The zero-order valence-electron chi connectivity index (χ0n) is 12.5. The summed E-state index contributed by atoms with van der Waals surface area (Å²) >= 11 is 0. The molecular formula is C16H25FN2O. The van der Waals surface area contributed by atoms with Crippen molar-refractivity contribution in [3.8, 4) is 0 Å². The van der Waals surface area contributed by atoms with Crippen LogP contribution >= 0.6 is 0 Å². The Morgan fingerprint density at radius 1 is 1.30 bits per heavy atom. The first-order valence-corrected chi connectivity index (χ1v) is 7.24. The van der Waals surface area contributed by atoms with E-state index in [1.54, 1.807) is 12.1 Å². The van der Waals surface area contributed by atoms with Gasteiger partial charge in [0.2, 0.25) is 5.91 Å². The number of carbonyl (C=O) groups is 1. The van der Waals surface area contributed by atoms with Gasteiger partial charge in [-0.25, -0.2) is 4.39 Å². The highest BCUT2D eigenvalue weighted by molar-refractivity contribution is 5.81. The summed E-state index contributed by atoms with van der Waals surface area (Å²) in [7, 11) is 0. The molecule has 0 heterocycles. The van der Waals surface area contributed by atoms with Crippen LogP contribution < -0.4 is 11.1 Å². The van der Waals surface area contributed by atoms with Gasteiger partial charge in [-0.3, -0.25) is 4.79 Å². The Morgan fingerprint density at radius 2 is 1.90 bits per heavy atom. The Morgan fingerprint density at radius 3 is 2.40 bits per heavy atom. The molecule has 0 saturated carbocycles. The first-order valence-electron chi connectivity index (χ1n) is 7.24. The van der Waals surface area contributed by atoms with Crippen molar-refractivity contribution in [1.82, 2.24) is 5.32 Å². The average molecular weight is 280 g/mol. The minimum absolute atomic E-state index is 0.0101. The predicted molar refractivity (Wildman–Crippen MR) is 79.8 cm³/mol. The summed E-state index contributed by atoms with van der Waals surface area (Å²) in [6.07, 6.45) is 2.26. The molecule has 2 atom stereocenters. The molecule has 2 unspecified atom stereocenters. The third-order valence-electron chi connectivity index (χ3n) is 3.44. The largest absolute Gasteiger partial charge is 0.351 e. The topological polar surface area (TPSA) is 55.1 Å². The molecule has 0 aliphatic rings. The summed E-state index contributed by atoms with van der Waals surface area (Å²) in [5, 5.41) is 3.01. The number of hydrogen-bond donors (Lipinski definition) is 2. The second-order valence-corrected chi connectivity index (χ2v) is 5.58. The fourth-order valence-corrected chi connectivity index (χ4v) is 2.06. The van der Waals surface area contributed by atoms with Crippen molar-refractivity contribution in [1.29, 1.82) is 0 Å². The lowest BCUT2D eigenvalue weighted by atomic mass is 9.96. The Labute approximate surface area is 120 Å². The van der Waals surface area contributed by atoms with Gasteiger partial charge in [-0.1, -0.05) is 39.3 Å². The van der Waals surface area contributed by atoms with Crippen LogP contribution in [-0.4, -0.2) is 18.0 Å². The maximum atomic E-state index is 12.9. The number of rotatable bonds is 7. The predicted octanol–water partition coefficient (Wildman–Crippen LogP) is 2.64. The van der Waals surface area contributed by atoms with Crippen LogP contribution in [0.2, 0.25) is 0 Å². The van der Waals surface area contributed by atoms with Crippen LogP contribution in [0.25, 0.3) is 0 Å². The summed E-state index contributed by atoms with van der Waals surface area (Å²) in [6, 6.07) is 5.95. The Balaban J connectivity index is 2.65. The molecule has 4 heteroatoms. The number of carbonyl (C=O) groups excluding carboxylic acids is 1. The van der Waals surface area contributed by atoms with E-state index in [0.717, 1.165) is 12.0 Å². The normalized spacial score (nSPS) is 14.1. The number of nitrogens with two attached hydrogens (primary N) is 1. The summed E-state index contributed by atoms with van der Waals surface area (Å²) in [4.78, 5) is 12.0. The van der Waals surface area contributed by atoms with Crippen LogP contribution in [0.1, 0.15) is 39.2 Å². The maximum absolute atomic E-state index is 12.9. The molecular weight excluding hydrogens is 255 g/mol. The molecule has 0 aromatic heterocycles. The first-order chi connectivity index (χ1) is 9.43. The van der Waals surface area contributed by atoms with Gasteiger partial charge in [0, 0.05) is 6.04 Å². The van der Waals surface area contributed by atoms with Crippen molar-refractivity contribution in [2.75, 3.05) is 0 Å². The third-order valence-corrected chi connectivity index (χ3v) is 3.44. The van der Waals surface area contributed by atoms with Crippen LogP contribution in [0.15, 0.2) is 24.3 Å². The number of hydrogen-bond acceptors (Lipinski definition) is 2. The standard InChI is InChI=1S/C16H25FN2O/c1-4-5-14(18)16(20)19-15(11(2)3)10-12-6-8-13(17)9-7-12/h6-9,11,14-15H,4-5,10,18H2,1-3H3,(H,19,20). The molecule has 1 amide bonds. The van der Waals surface area contributed by atoms with Crippen molar-refractivity contribution in [2.24, 2.45) is 11.7 Å². The molecule has 0 bridgehead atoms. The summed E-state index contributed by atoms with van der Waals surface area (Å²) < 4.78 is 12.9. The van der Waals surface area contributed by atoms with Gasteiger partial charge in [-0.15, -0.1) is 0 Å². The quantitative estimate of drug-likeness (QED) is 0.806. The number of benzene rings is 1.